The predicted molar refractivity (Wildman–Crippen MR) is 120 cm³/mol. The Bertz CT molecular complexity index is 1220. The van der Waals surface area contributed by atoms with E-state index < -0.39 is 17.2 Å². The van der Waals surface area contributed by atoms with Crippen LogP contribution in [0.5, 0.6) is 0 Å². The molecule has 8 nitrogen and oxygen atoms in total. The topological polar surface area (TPSA) is 95.2 Å². The molecule has 0 bridgehead atoms. The molecule has 1 aliphatic rings. The van der Waals surface area contributed by atoms with Crippen molar-refractivity contribution < 1.29 is 9.53 Å². The molecule has 1 fully saturated rings. The third kappa shape index (κ3) is 4.70. The van der Waals surface area contributed by atoms with E-state index in [2.05, 4.69) is 10.4 Å². The fraction of sp³-hybridized carbons (Fsp3) is 0.333. The van der Waals surface area contributed by atoms with Crippen molar-refractivity contribution in [3.8, 4) is 5.69 Å². The molecule has 1 atom stereocenters. The Balaban J connectivity index is 1.75. The fourth-order valence-electron chi connectivity index (χ4n) is 3.62. The number of aromatic nitrogens is 3. The average molecular weight is 434 g/mol. The van der Waals surface area contributed by atoms with Crippen molar-refractivity contribution >= 4 is 5.91 Å². The summed E-state index contributed by atoms with van der Waals surface area (Å²) in [7, 11) is 0. The Kier molecular flexibility index (Phi) is 6.32. The van der Waals surface area contributed by atoms with Crippen LogP contribution in [0.15, 0.2) is 58.1 Å². The second-order valence-electron chi connectivity index (χ2n) is 8.10. The van der Waals surface area contributed by atoms with Gasteiger partial charge in [-0.3, -0.25) is 14.2 Å². The summed E-state index contributed by atoms with van der Waals surface area (Å²) < 4.78 is 7.69. The zero-order valence-corrected chi connectivity index (χ0v) is 18.2. The van der Waals surface area contributed by atoms with Gasteiger partial charge in [0.1, 0.15) is 0 Å². The highest BCUT2D eigenvalue weighted by Gasteiger charge is 2.22. The van der Waals surface area contributed by atoms with Crippen molar-refractivity contribution in [2.75, 3.05) is 13.2 Å². The minimum Gasteiger partial charge on any atom is -0.376 e. The van der Waals surface area contributed by atoms with Crippen LogP contribution >= 0.6 is 0 Å². The molecule has 2 heterocycles. The summed E-state index contributed by atoms with van der Waals surface area (Å²) in [5, 5.41) is 6.88. The second kappa shape index (κ2) is 9.32. The van der Waals surface area contributed by atoms with Gasteiger partial charge >= 0.3 is 5.69 Å². The third-order valence-electron chi connectivity index (χ3n) is 5.53. The molecule has 166 valence electrons. The highest BCUT2D eigenvalue weighted by molar-refractivity contribution is 5.91. The van der Waals surface area contributed by atoms with E-state index in [1.54, 1.807) is 12.1 Å². The van der Waals surface area contributed by atoms with E-state index in [1.807, 2.05) is 50.2 Å². The van der Waals surface area contributed by atoms with Crippen LogP contribution < -0.4 is 16.6 Å². The first-order valence-electron chi connectivity index (χ1n) is 10.7. The molecule has 8 heteroatoms. The molecule has 0 spiro atoms. The van der Waals surface area contributed by atoms with Crippen LogP contribution in [0.3, 0.4) is 0 Å². The van der Waals surface area contributed by atoms with Crippen LogP contribution in [0, 0.1) is 13.8 Å². The molecule has 3 aromatic rings. The normalized spacial score (nSPS) is 15.6. The van der Waals surface area contributed by atoms with E-state index in [1.165, 1.54) is 0 Å². The van der Waals surface area contributed by atoms with Crippen LogP contribution in [0.2, 0.25) is 0 Å². The fourth-order valence-corrected chi connectivity index (χ4v) is 3.62. The highest BCUT2D eigenvalue weighted by atomic mass is 16.5. The van der Waals surface area contributed by atoms with Gasteiger partial charge in [-0.05, 0) is 44.4 Å². The lowest BCUT2D eigenvalue weighted by Gasteiger charge is -2.14. The van der Waals surface area contributed by atoms with E-state index in [4.69, 9.17) is 4.74 Å². The zero-order valence-electron chi connectivity index (χ0n) is 18.2. The SMILES string of the molecule is Cc1ccc(Cn2c(=O)c(C(=O)NCC3CCCO3)nn(-c3ccc(C)cc3)c2=O)cc1. The van der Waals surface area contributed by atoms with Gasteiger partial charge in [0, 0.05) is 13.2 Å². The van der Waals surface area contributed by atoms with Gasteiger partial charge in [0.05, 0.1) is 18.3 Å². The van der Waals surface area contributed by atoms with Crippen molar-refractivity contribution in [2.45, 2.75) is 39.3 Å². The summed E-state index contributed by atoms with van der Waals surface area (Å²) in [4.78, 5) is 39.2. The van der Waals surface area contributed by atoms with Crippen molar-refractivity contribution in [1.29, 1.82) is 0 Å². The molecule has 1 saturated heterocycles. The van der Waals surface area contributed by atoms with E-state index in [-0.39, 0.29) is 18.3 Å². The van der Waals surface area contributed by atoms with Crippen LogP contribution in [0.4, 0.5) is 0 Å². The summed E-state index contributed by atoms with van der Waals surface area (Å²) in [5.74, 6) is -0.621. The number of ether oxygens (including phenoxy) is 1. The van der Waals surface area contributed by atoms with E-state index in [0.717, 1.165) is 38.8 Å². The highest BCUT2D eigenvalue weighted by Crippen LogP contribution is 2.11. The van der Waals surface area contributed by atoms with Crippen LogP contribution in [0.25, 0.3) is 5.69 Å². The first-order chi connectivity index (χ1) is 15.4. The molecule has 1 aromatic heterocycles. The molecule has 0 aliphatic carbocycles. The van der Waals surface area contributed by atoms with Crippen molar-refractivity contribution in [3.63, 3.8) is 0 Å². The number of carbonyl (C=O) groups excluding carboxylic acids is 1. The molecule has 2 aromatic carbocycles. The lowest BCUT2D eigenvalue weighted by atomic mass is 10.1. The average Bonchev–Trinajstić information content (AvgIpc) is 3.31. The number of nitrogens with zero attached hydrogens (tertiary/aromatic N) is 3. The largest absolute Gasteiger partial charge is 0.376 e. The van der Waals surface area contributed by atoms with Gasteiger partial charge < -0.3 is 10.1 Å². The molecule has 4 rings (SSSR count). The van der Waals surface area contributed by atoms with Gasteiger partial charge in [-0.1, -0.05) is 47.5 Å². The summed E-state index contributed by atoms with van der Waals surface area (Å²) in [6.45, 7) is 4.89. The number of rotatable bonds is 6. The maximum absolute atomic E-state index is 13.2. The maximum atomic E-state index is 13.2. The van der Waals surface area contributed by atoms with E-state index >= 15 is 0 Å². The Morgan fingerprint density at radius 3 is 2.34 bits per heavy atom. The van der Waals surface area contributed by atoms with Gasteiger partial charge in [0.25, 0.3) is 11.5 Å². The summed E-state index contributed by atoms with van der Waals surface area (Å²) in [6, 6.07) is 14.7. The monoisotopic (exact) mass is 434 g/mol. The first kappa shape index (κ1) is 21.7. The molecular formula is C24H26N4O4. The Hall–Kier alpha value is -3.52. The summed E-state index contributed by atoms with van der Waals surface area (Å²) in [6.07, 6.45) is 1.73. The number of hydrogen-bond acceptors (Lipinski definition) is 5. The van der Waals surface area contributed by atoms with Gasteiger partial charge in [-0.2, -0.15) is 9.78 Å². The van der Waals surface area contributed by atoms with Crippen molar-refractivity contribution in [2.24, 2.45) is 0 Å². The Morgan fingerprint density at radius 2 is 1.72 bits per heavy atom. The van der Waals surface area contributed by atoms with Crippen LogP contribution in [-0.2, 0) is 11.3 Å². The number of benzene rings is 2. The number of amides is 1. The lowest BCUT2D eigenvalue weighted by molar-refractivity contribution is 0.0849. The molecule has 1 aliphatic heterocycles. The Morgan fingerprint density at radius 1 is 1.06 bits per heavy atom. The molecular weight excluding hydrogens is 408 g/mol. The number of nitrogens with one attached hydrogen (secondary N) is 1. The number of aryl methyl sites for hydroxylation is 2. The predicted octanol–water partition coefficient (Wildman–Crippen LogP) is 1.97. The maximum Gasteiger partial charge on any atom is 0.352 e. The molecule has 32 heavy (non-hydrogen) atoms. The molecule has 0 saturated carbocycles. The zero-order chi connectivity index (χ0) is 22.7. The number of carbonyl (C=O) groups is 1. The molecule has 1 amide bonds. The van der Waals surface area contributed by atoms with Crippen LogP contribution in [-0.4, -0.2) is 39.5 Å². The summed E-state index contributed by atoms with van der Waals surface area (Å²) >= 11 is 0. The second-order valence-corrected chi connectivity index (χ2v) is 8.10. The smallest absolute Gasteiger partial charge is 0.352 e. The van der Waals surface area contributed by atoms with Gasteiger partial charge in [-0.15, -0.1) is 0 Å². The van der Waals surface area contributed by atoms with Gasteiger partial charge in [0.2, 0.25) is 5.69 Å². The standard InChI is InChI=1S/C24H26N4O4/c1-16-5-9-18(10-6-16)15-27-23(30)21(22(29)25-14-20-4-3-13-32-20)26-28(24(27)31)19-11-7-17(2)8-12-19/h5-12,20H,3-4,13-15H2,1-2H3,(H,25,29). The van der Waals surface area contributed by atoms with E-state index in [0.29, 0.717) is 18.8 Å². The van der Waals surface area contributed by atoms with Gasteiger partial charge in [0.15, 0.2) is 0 Å². The minimum atomic E-state index is -0.719. The molecule has 0 radical (unpaired) electrons. The van der Waals surface area contributed by atoms with Crippen molar-refractivity contribution in [3.05, 3.63) is 91.8 Å². The van der Waals surface area contributed by atoms with Crippen molar-refractivity contribution in [1.82, 2.24) is 19.7 Å². The van der Waals surface area contributed by atoms with Crippen LogP contribution in [0.1, 0.15) is 40.0 Å². The Labute approximate surface area is 185 Å². The minimum absolute atomic E-state index is 0.0400. The third-order valence-corrected chi connectivity index (χ3v) is 5.53. The quantitative estimate of drug-likeness (QED) is 0.640. The lowest BCUT2D eigenvalue weighted by Crippen LogP contribution is -2.46. The van der Waals surface area contributed by atoms with Gasteiger partial charge in [-0.25, -0.2) is 4.79 Å². The first-order valence-corrected chi connectivity index (χ1v) is 10.7. The van der Waals surface area contributed by atoms with E-state index in [9.17, 15) is 14.4 Å². The number of hydrogen-bond donors (Lipinski definition) is 1. The molecule has 1 N–H and O–H groups in total. The summed E-state index contributed by atoms with van der Waals surface area (Å²) in [5.41, 5.74) is 1.70. The molecule has 1 unspecified atom stereocenters.